The number of aryl methyl sites for hydroxylation is 1. The van der Waals surface area contributed by atoms with Gasteiger partial charge in [0.05, 0.1) is 6.20 Å². The van der Waals surface area contributed by atoms with Gasteiger partial charge in [-0.05, 0) is 60.0 Å². The number of hydrogen-bond acceptors (Lipinski definition) is 3. The van der Waals surface area contributed by atoms with E-state index in [0.717, 1.165) is 36.5 Å². The molecule has 2 heterocycles. The van der Waals surface area contributed by atoms with Gasteiger partial charge in [-0.15, -0.1) is 0 Å². The lowest BCUT2D eigenvalue weighted by Gasteiger charge is -2.15. The zero-order valence-electron chi connectivity index (χ0n) is 14.7. The third kappa shape index (κ3) is 3.30. The molecule has 1 aliphatic rings. The van der Waals surface area contributed by atoms with Gasteiger partial charge in [-0.1, -0.05) is 24.3 Å². The molecule has 0 saturated heterocycles. The summed E-state index contributed by atoms with van der Waals surface area (Å²) in [4.78, 5) is 0. The summed E-state index contributed by atoms with van der Waals surface area (Å²) in [6, 6.07) is 13.0. The van der Waals surface area contributed by atoms with Crippen molar-refractivity contribution in [2.45, 2.75) is 20.0 Å². The molecule has 0 aliphatic carbocycles. The van der Waals surface area contributed by atoms with E-state index in [0.29, 0.717) is 6.61 Å². The zero-order valence-corrected chi connectivity index (χ0v) is 14.7. The van der Waals surface area contributed by atoms with Crippen molar-refractivity contribution in [3.8, 4) is 5.75 Å². The highest BCUT2D eigenvalue weighted by Crippen LogP contribution is 2.27. The van der Waals surface area contributed by atoms with Crippen molar-refractivity contribution in [2.24, 2.45) is 7.05 Å². The molecule has 0 fully saturated rings. The molecular weight excluding hydrogens is 310 g/mol. The second-order valence-electron chi connectivity index (χ2n) is 6.57. The van der Waals surface area contributed by atoms with E-state index in [1.165, 1.54) is 21.9 Å². The molecule has 0 saturated carbocycles. The molecule has 25 heavy (non-hydrogen) atoms. The number of aromatic nitrogens is 2. The standard InChI is InChI=1S/C21H23N3O/c1-15-20(13-23-24(15)2)14-25-21-6-5-16-3-4-18(11-19(16)12-21)17-7-9-22-10-8-17/h3-7,11-13,22H,8-10,14H2,1-2H3. The number of ether oxygens (including phenoxy) is 1. The Morgan fingerprint density at radius 3 is 2.80 bits per heavy atom. The predicted octanol–water partition coefficient (Wildman–Crippen LogP) is 3.84. The molecule has 0 bridgehead atoms. The highest BCUT2D eigenvalue weighted by atomic mass is 16.5. The van der Waals surface area contributed by atoms with E-state index in [-0.39, 0.29) is 0 Å². The van der Waals surface area contributed by atoms with Crippen LogP contribution in [0.2, 0.25) is 0 Å². The van der Waals surface area contributed by atoms with Crippen molar-refractivity contribution in [1.82, 2.24) is 15.1 Å². The number of benzene rings is 2. The molecule has 1 N–H and O–H groups in total. The Bertz CT molecular complexity index is 939. The molecular formula is C21H23N3O. The van der Waals surface area contributed by atoms with Gasteiger partial charge in [0, 0.05) is 24.8 Å². The van der Waals surface area contributed by atoms with Crippen LogP contribution in [0.1, 0.15) is 23.2 Å². The number of nitrogens with one attached hydrogen (secondary N) is 1. The Hall–Kier alpha value is -2.59. The molecule has 0 atom stereocenters. The summed E-state index contributed by atoms with van der Waals surface area (Å²) in [5, 5.41) is 10.1. The second-order valence-corrected chi connectivity index (χ2v) is 6.57. The van der Waals surface area contributed by atoms with Gasteiger partial charge in [0.15, 0.2) is 0 Å². The van der Waals surface area contributed by atoms with E-state index < -0.39 is 0 Å². The van der Waals surface area contributed by atoms with E-state index in [2.05, 4.69) is 53.7 Å². The zero-order chi connectivity index (χ0) is 17.2. The normalized spacial score (nSPS) is 14.6. The van der Waals surface area contributed by atoms with E-state index in [1.807, 2.05) is 24.0 Å². The molecule has 0 amide bonds. The average molecular weight is 333 g/mol. The van der Waals surface area contributed by atoms with E-state index in [9.17, 15) is 0 Å². The molecule has 4 heteroatoms. The maximum Gasteiger partial charge on any atom is 0.120 e. The second kappa shape index (κ2) is 6.73. The summed E-state index contributed by atoms with van der Waals surface area (Å²) in [5.74, 6) is 0.896. The average Bonchev–Trinajstić information content (AvgIpc) is 2.98. The maximum absolute atomic E-state index is 6.00. The molecule has 4 rings (SSSR count). The SMILES string of the molecule is Cc1c(COc2ccc3ccc(C4=CCNCC4)cc3c2)cnn1C. The van der Waals surface area contributed by atoms with Gasteiger partial charge in [0.1, 0.15) is 12.4 Å². The molecule has 1 aromatic heterocycles. The smallest absolute Gasteiger partial charge is 0.120 e. The lowest BCUT2D eigenvalue weighted by molar-refractivity contribution is 0.305. The third-order valence-electron chi connectivity index (χ3n) is 4.98. The molecule has 4 nitrogen and oxygen atoms in total. The summed E-state index contributed by atoms with van der Waals surface area (Å²) in [7, 11) is 1.95. The Morgan fingerprint density at radius 1 is 1.16 bits per heavy atom. The maximum atomic E-state index is 6.00. The fourth-order valence-corrected chi connectivity index (χ4v) is 3.25. The van der Waals surface area contributed by atoms with Crippen LogP contribution in [-0.4, -0.2) is 22.9 Å². The molecule has 0 unspecified atom stereocenters. The first-order valence-corrected chi connectivity index (χ1v) is 8.75. The highest BCUT2D eigenvalue weighted by molar-refractivity contribution is 5.87. The fourth-order valence-electron chi connectivity index (χ4n) is 3.25. The molecule has 0 spiro atoms. The number of fused-ring (bicyclic) bond motifs is 1. The minimum Gasteiger partial charge on any atom is -0.489 e. The van der Waals surface area contributed by atoms with E-state index in [1.54, 1.807) is 0 Å². The van der Waals surface area contributed by atoms with Gasteiger partial charge in [-0.25, -0.2) is 0 Å². The minimum absolute atomic E-state index is 0.543. The summed E-state index contributed by atoms with van der Waals surface area (Å²) in [6.45, 7) is 4.62. The van der Waals surface area contributed by atoms with Gasteiger partial charge in [0.25, 0.3) is 0 Å². The third-order valence-corrected chi connectivity index (χ3v) is 4.98. The van der Waals surface area contributed by atoms with Crippen LogP contribution in [0.25, 0.3) is 16.3 Å². The first kappa shape index (κ1) is 15.9. The monoisotopic (exact) mass is 333 g/mol. The number of nitrogens with zero attached hydrogens (tertiary/aromatic N) is 2. The summed E-state index contributed by atoms with van der Waals surface area (Å²) >= 11 is 0. The summed E-state index contributed by atoms with van der Waals surface area (Å²) < 4.78 is 7.87. The first-order chi connectivity index (χ1) is 12.2. The lowest BCUT2D eigenvalue weighted by atomic mass is 9.97. The van der Waals surface area contributed by atoms with Crippen molar-refractivity contribution < 1.29 is 4.74 Å². The quantitative estimate of drug-likeness (QED) is 0.788. The van der Waals surface area contributed by atoms with Crippen LogP contribution in [0, 0.1) is 6.92 Å². The Morgan fingerprint density at radius 2 is 2.04 bits per heavy atom. The summed E-state index contributed by atoms with van der Waals surface area (Å²) in [5.41, 5.74) is 5.00. The largest absolute Gasteiger partial charge is 0.489 e. The van der Waals surface area contributed by atoms with Crippen LogP contribution in [0.3, 0.4) is 0 Å². The van der Waals surface area contributed by atoms with Crippen LogP contribution in [0.5, 0.6) is 5.75 Å². The Balaban J connectivity index is 1.58. The van der Waals surface area contributed by atoms with Crippen LogP contribution < -0.4 is 10.1 Å². The fraction of sp³-hybridized carbons (Fsp3) is 0.286. The highest BCUT2D eigenvalue weighted by Gasteiger charge is 2.08. The minimum atomic E-state index is 0.543. The molecule has 128 valence electrons. The van der Waals surface area contributed by atoms with Crippen molar-refractivity contribution in [1.29, 1.82) is 0 Å². The van der Waals surface area contributed by atoms with Crippen LogP contribution in [0.15, 0.2) is 48.7 Å². The van der Waals surface area contributed by atoms with Crippen LogP contribution in [0.4, 0.5) is 0 Å². The first-order valence-electron chi connectivity index (χ1n) is 8.75. The van der Waals surface area contributed by atoms with Crippen molar-refractivity contribution in [3.63, 3.8) is 0 Å². The molecule has 1 aliphatic heterocycles. The van der Waals surface area contributed by atoms with E-state index in [4.69, 9.17) is 4.74 Å². The predicted molar refractivity (Wildman–Crippen MR) is 102 cm³/mol. The summed E-state index contributed by atoms with van der Waals surface area (Å²) in [6.07, 6.45) is 5.25. The van der Waals surface area contributed by atoms with Gasteiger partial charge in [-0.3, -0.25) is 4.68 Å². The molecule has 0 radical (unpaired) electrons. The lowest BCUT2D eigenvalue weighted by Crippen LogP contribution is -2.19. The van der Waals surface area contributed by atoms with Crippen molar-refractivity contribution in [3.05, 3.63) is 65.5 Å². The van der Waals surface area contributed by atoms with Crippen molar-refractivity contribution >= 4 is 16.3 Å². The van der Waals surface area contributed by atoms with Crippen LogP contribution in [-0.2, 0) is 13.7 Å². The van der Waals surface area contributed by atoms with Gasteiger partial charge in [-0.2, -0.15) is 5.10 Å². The van der Waals surface area contributed by atoms with Crippen molar-refractivity contribution in [2.75, 3.05) is 13.1 Å². The molecule has 3 aromatic rings. The van der Waals surface area contributed by atoms with Gasteiger partial charge < -0.3 is 10.1 Å². The van der Waals surface area contributed by atoms with E-state index >= 15 is 0 Å². The Labute approximate surface area is 148 Å². The topological polar surface area (TPSA) is 39.1 Å². The van der Waals surface area contributed by atoms with Gasteiger partial charge >= 0.3 is 0 Å². The number of hydrogen-bond donors (Lipinski definition) is 1. The van der Waals surface area contributed by atoms with Gasteiger partial charge in [0.2, 0.25) is 0 Å². The van der Waals surface area contributed by atoms with Crippen LogP contribution >= 0.6 is 0 Å². The number of rotatable bonds is 4. The molecule has 2 aromatic carbocycles. The Kier molecular flexibility index (Phi) is 4.28.